The number of benzene rings is 4. The minimum absolute atomic E-state index is 0.0205. The molecule has 1 aliphatic carbocycles. The Morgan fingerprint density at radius 3 is 2.33 bits per heavy atom. The maximum atomic E-state index is 13.6. The van der Waals surface area contributed by atoms with Crippen molar-refractivity contribution in [1.82, 2.24) is 14.9 Å². The second-order valence-electron chi connectivity index (χ2n) is 9.21. The molecule has 0 bridgehead atoms. The van der Waals surface area contributed by atoms with Crippen LogP contribution in [-0.2, 0) is 11.2 Å². The predicted octanol–water partition coefficient (Wildman–Crippen LogP) is 7.47. The Kier molecular flexibility index (Phi) is 6.97. The van der Waals surface area contributed by atoms with E-state index in [-0.39, 0.29) is 12.2 Å². The Hall–Kier alpha value is -4.26. The lowest BCUT2D eigenvalue weighted by atomic mass is 9.86. The highest BCUT2D eigenvalue weighted by Gasteiger charge is 2.29. The van der Waals surface area contributed by atoms with Crippen LogP contribution in [0.2, 0.25) is 5.02 Å². The molecule has 0 unspecified atom stereocenters. The molecular formula is C32H23ClN4OS. The number of hydrogen-bond donors (Lipinski definition) is 0. The van der Waals surface area contributed by atoms with Gasteiger partial charge in [-0.05, 0) is 53.1 Å². The molecule has 0 radical (unpaired) electrons. The number of Topliss-reactive ketones (excluding diaryl/α,β-unsaturated/α-hetero) is 1. The standard InChI is InChI=1S/C32H23ClN4OS/c1-21-12-14-24(15-13-21)31-35-36-32(37(31)34-20-22-8-4-2-5-9-22)39-30-28(38)18-25-16-17-26(33)19-27(25)29(30)23-10-6-3-7-11-23/h2-17,19-20H,18H2,1H3/b34-20+. The molecule has 1 heterocycles. The van der Waals surface area contributed by atoms with E-state index in [0.29, 0.717) is 20.9 Å². The fourth-order valence-electron chi connectivity index (χ4n) is 4.52. The molecule has 39 heavy (non-hydrogen) atoms. The second kappa shape index (κ2) is 10.8. The number of halogens is 1. The van der Waals surface area contributed by atoms with Gasteiger partial charge in [-0.3, -0.25) is 4.79 Å². The number of carbonyl (C=O) groups excluding carboxylic acids is 1. The summed E-state index contributed by atoms with van der Waals surface area (Å²) in [5.41, 5.74) is 6.66. The molecular weight excluding hydrogens is 524 g/mol. The molecule has 4 aromatic carbocycles. The van der Waals surface area contributed by atoms with Crippen LogP contribution in [0.25, 0.3) is 17.0 Å². The molecule has 1 aliphatic rings. The third-order valence-corrected chi connectivity index (χ3v) is 7.78. The topological polar surface area (TPSA) is 60.1 Å². The van der Waals surface area contributed by atoms with Crippen molar-refractivity contribution in [2.75, 3.05) is 0 Å². The van der Waals surface area contributed by atoms with Gasteiger partial charge < -0.3 is 0 Å². The van der Waals surface area contributed by atoms with E-state index in [9.17, 15) is 4.79 Å². The molecule has 0 N–H and O–H groups in total. The molecule has 0 atom stereocenters. The van der Waals surface area contributed by atoms with Crippen molar-refractivity contribution in [1.29, 1.82) is 0 Å². The number of carbonyl (C=O) groups is 1. The van der Waals surface area contributed by atoms with Gasteiger partial charge in [-0.2, -0.15) is 9.78 Å². The van der Waals surface area contributed by atoms with Gasteiger partial charge in [0.15, 0.2) is 11.6 Å². The van der Waals surface area contributed by atoms with Gasteiger partial charge in [-0.25, -0.2) is 0 Å². The Bertz CT molecular complexity index is 1730. The zero-order valence-electron chi connectivity index (χ0n) is 21.1. The molecule has 5 nitrogen and oxygen atoms in total. The Morgan fingerprint density at radius 2 is 1.59 bits per heavy atom. The number of fused-ring (bicyclic) bond motifs is 1. The highest BCUT2D eigenvalue weighted by Crippen LogP contribution is 2.43. The van der Waals surface area contributed by atoms with E-state index in [1.54, 1.807) is 10.9 Å². The van der Waals surface area contributed by atoms with Gasteiger partial charge >= 0.3 is 0 Å². The Labute approximate surface area is 235 Å². The molecule has 5 aromatic rings. The second-order valence-corrected chi connectivity index (χ2v) is 10.6. The van der Waals surface area contributed by atoms with Crippen LogP contribution in [0.3, 0.4) is 0 Å². The van der Waals surface area contributed by atoms with Crippen LogP contribution in [0.5, 0.6) is 0 Å². The normalized spacial score (nSPS) is 13.2. The Balaban J connectivity index is 1.51. The SMILES string of the molecule is Cc1ccc(-c2nnc(SC3=C(c4ccccc4)c4cc(Cl)ccc4CC3=O)n2/N=C/c2ccccc2)cc1. The van der Waals surface area contributed by atoms with Crippen LogP contribution in [0.15, 0.2) is 118 Å². The van der Waals surface area contributed by atoms with Gasteiger partial charge in [0.1, 0.15) is 0 Å². The number of nitrogens with zero attached hydrogens (tertiary/aromatic N) is 4. The third-order valence-electron chi connectivity index (χ3n) is 6.47. The molecule has 1 aromatic heterocycles. The molecule has 0 aliphatic heterocycles. The molecule has 0 saturated carbocycles. The van der Waals surface area contributed by atoms with Crippen molar-refractivity contribution in [2.24, 2.45) is 5.10 Å². The van der Waals surface area contributed by atoms with Gasteiger partial charge in [0.2, 0.25) is 5.16 Å². The van der Waals surface area contributed by atoms with E-state index in [2.05, 4.69) is 10.2 Å². The molecule has 0 saturated heterocycles. The fraction of sp³-hybridized carbons (Fsp3) is 0.0625. The van der Waals surface area contributed by atoms with E-state index in [1.807, 2.05) is 110 Å². The smallest absolute Gasteiger partial charge is 0.217 e. The van der Waals surface area contributed by atoms with E-state index in [1.165, 1.54) is 11.8 Å². The molecule has 0 spiro atoms. The number of allylic oxidation sites excluding steroid dienone is 1. The highest BCUT2D eigenvalue weighted by molar-refractivity contribution is 8.04. The van der Waals surface area contributed by atoms with Crippen LogP contribution < -0.4 is 0 Å². The molecule has 0 fully saturated rings. The molecule has 0 amide bonds. The van der Waals surface area contributed by atoms with Crippen LogP contribution in [0, 0.1) is 6.92 Å². The lowest BCUT2D eigenvalue weighted by molar-refractivity contribution is -0.114. The van der Waals surface area contributed by atoms with Crippen LogP contribution >= 0.6 is 23.4 Å². The lowest BCUT2D eigenvalue weighted by Gasteiger charge is -2.22. The number of aryl methyl sites for hydroxylation is 1. The first-order chi connectivity index (χ1) is 19.1. The van der Waals surface area contributed by atoms with Crippen molar-refractivity contribution in [3.63, 3.8) is 0 Å². The zero-order chi connectivity index (χ0) is 26.8. The number of rotatable bonds is 6. The van der Waals surface area contributed by atoms with Crippen molar-refractivity contribution >= 4 is 40.9 Å². The van der Waals surface area contributed by atoms with Crippen molar-refractivity contribution < 1.29 is 4.79 Å². The van der Waals surface area contributed by atoms with Gasteiger partial charge in [0.05, 0.1) is 11.1 Å². The summed E-state index contributed by atoms with van der Waals surface area (Å²) >= 11 is 7.71. The van der Waals surface area contributed by atoms with Gasteiger partial charge in [-0.15, -0.1) is 10.2 Å². The maximum Gasteiger partial charge on any atom is 0.217 e. The first kappa shape index (κ1) is 25.0. The summed E-state index contributed by atoms with van der Waals surface area (Å²) in [5, 5.41) is 14.9. The minimum atomic E-state index is 0.0205. The number of ketones is 1. The quantitative estimate of drug-likeness (QED) is 0.207. The van der Waals surface area contributed by atoms with Gasteiger partial charge in [-0.1, -0.05) is 108 Å². The van der Waals surface area contributed by atoms with Crippen molar-refractivity contribution in [3.05, 3.63) is 141 Å². The summed E-state index contributed by atoms with van der Waals surface area (Å²) in [6.07, 6.45) is 2.06. The average molecular weight is 547 g/mol. The molecule has 190 valence electrons. The van der Waals surface area contributed by atoms with Crippen molar-refractivity contribution in [3.8, 4) is 11.4 Å². The summed E-state index contributed by atoms with van der Waals surface area (Å²) in [7, 11) is 0. The van der Waals surface area contributed by atoms with E-state index < -0.39 is 0 Å². The first-order valence-electron chi connectivity index (χ1n) is 12.5. The van der Waals surface area contributed by atoms with Crippen LogP contribution in [-0.4, -0.2) is 26.9 Å². The number of thioether (sulfide) groups is 1. The van der Waals surface area contributed by atoms with Crippen LogP contribution in [0.1, 0.15) is 27.8 Å². The maximum absolute atomic E-state index is 13.6. The largest absolute Gasteiger partial charge is 0.293 e. The van der Waals surface area contributed by atoms with Gasteiger partial charge in [0.25, 0.3) is 0 Å². The monoisotopic (exact) mass is 546 g/mol. The summed E-state index contributed by atoms with van der Waals surface area (Å²) in [6.45, 7) is 2.04. The third kappa shape index (κ3) is 5.21. The average Bonchev–Trinajstić information content (AvgIpc) is 3.36. The first-order valence-corrected chi connectivity index (χ1v) is 13.7. The summed E-state index contributed by atoms with van der Waals surface area (Å²) in [5.74, 6) is 0.616. The lowest BCUT2D eigenvalue weighted by Crippen LogP contribution is -2.15. The van der Waals surface area contributed by atoms with E-state index >= 15 is 0 Å². The zero-order valence-corrected chi connectivity index (χ0v) is 22.7. The summed E-state index contributed by atoms with van der Waals surface area (Å²) in [4.78, 5) is 14.2. The van der Waals surface area contributed by atoms with E-state index in [4.69, 9.17) is 16.7 Å². The summed E-state index contributed by atoms with van der Waals surface area (Å²) < 4.78 is 1.71. The predicted molar refractivity (Wildman–Crippen MR) is 158 cm³/mol. The molecule has 6 rings (SSSR count). The number of hydrogen-bond acceptors (Lipinski definition) is 5. The number of aromatic nitrogens is 3. The highest BCUT2D eigenvalue weighted by atomic mass is 35.5. The summed E-state index contributed by atoms with van der Waals surface area (Å²) in [6, 6.07) is 33.5. The molecule has 7 heteroatoms. The fourth-order valence-corrected chi connectivity index (χ4v) is 5.69. The van der Waals surface area contributed by atoms with E-state index in [0.717, 1.165) is 39.0 Å². The van der Waals surface area contributed by atoms with Crippen LogP contribution in [0.4, 0.5) is 0 Å². The van der Waals surface area contributed by atoms with Gasteiger partial charge in [0, 0.05) is 22.6 Å². The minimum Gasteiger partial charge on any atom is -0.293 e. The van der Waals surface area contributed by atoms with Crippen molar-refractivity contribution in [2.45, 2.75) is 18.5 Å². The Morgan fingerprint density at radius 1 is 0.872 bits per heavy atom.